The summed E-state index contributed by atoms with van der Waals surface area (Å²) in [5.41, 5.74) is 3.72. The summed E-state index contributed by atoms with van der Waals surface area (Å²) >= 11 is 0. The number of ether oxygens (including phenoxy) is 3. The fraction of sp³-hybridized carbons (Fsp3) is 0.320. The average Bonchev–Trinajstić information content (AvgIpc) is 3.16. The van der Waals surface area contributed by atoms with E-state index >= 15 is 0 Å². The minimum atomic E-state index is -0.176. The Kier molecular flexibility index (Phi) is 6.72. The Morgan fingerprint density at radius 3 is 2.62 bits per heavy atom. The molecule has 0 saturated carbocycles. The summed E-state index contributed by atoms with van der Waals surface area (Å²) in [5.74, 6) is 2.19. The number of aryl methyl sites for hydroxylation is 3. The Labute approximate surface area is 197 Å². The lowest BCUT2D eigenvalue weighted by molar-refractivity contribution is -0.121. The summed E-state index contributed by atoms with van der Waals surface area (Å²) in [6, 6.07) is 10.9. The van der Waals surface area contributed by atoms with Crippen molar-refractivity contribution in [2.24, 2.45) is 0 Å². The number of methoxy groups -OCH3 is 2. The van der Waals surface area contributed by atoms with Gasteiger partial charge in [0.15, 0.2) is 18.1 Å². The summed E-state index contributed by atoms with van der Waals surface area (Å²) < 4.78 is 21.4. The van der Waals surface area contributed by atoms with Crippen LogP contribution >= 0.6 is 0 Å². The largest absolute Gasteiger partial charge is 0.493 e. The van der Waals surface area contributed by atoms with E-state index in [4.69, 9.17) is 18.7 Å². The van der Waals surface area contributed by atoms with Gasteiger partial charge in [0.1, 0.15) is 11.5 Å². The number of amides is 2. The van der Waals surface area contributed by atoms with Crippen LogP contribution in [-0.4, -0.2) is 37.8 Å². The van der Waals surface area contributed by atoms with E-state index in [1.807, 2.05) is 32.0 Å². The normalized spacial score (nSPS) is 12.7. The first kappa shape index (κ1) is 23.2. The maximum absolute atomic E-state index is 12.6. The van der Waals surface area contributed by atoms with Gasteiger partial charge < -0.3 is 29.0 Å². The molecule has 1 aliphatic rings. The molecule has 34 heavy (non-hydrogen) atoms. The van der Waals surface area contributed by atoms with Gasteiger partial charge in [-0.3, -0.25) is 9.59 Å². The summed E-state index contributed by atoms with van der Waals surface area (Å²) in [4.78, 5) is 26.9. The number of rotatable bonds is 8. The minimum absolute atomic E-state index is 0.0482. The first-order chi connectivity index (χ1) is 16.4. The van der Waals surface area contributed by atoms with E-state index in [9.17, 15) is 9.59 Å². The maximum Gasteiger partial charge on any atom is 0.265 e. The smallest absolute Gasteiger partial charge is 0.265 e. The van der Waals surface area contributed by atoms with Gasteiger partial charge in [-0.1, -0.05) is 11.2 Å². The highest BCUT2D eigenvalue weighted by Gasteiger charge is 2.28. The van der Waals surface area contributed by atoms with Gasteiger partial charge in [-0.15, -0.1) is 0 Å². The van der Waals surface area contributed by atoms with Crippen molar-refractivity contribution in [1.82, 2.24) is 5.16 Å². The van der Waals surface area contributed by atoms with Crippen LogP contribution in [-0.2, 0) is 22.6 Å². The van der Waals surface area contributed by atoms with Crippen LogP contribution in [0.4, 0.5) is 11.4 Å². The first-order valence-corrected chi connectivity index (χ1v) is 10.9. The van der Waals surface area contributed by atoms with E-state index in [0.717, 1.165) is 16.8 Å². The highest BCUT2D eigenvalue weighted by molar-refractivity contribution is 5.99. The van der Waals surface area contributed by atoms with Crippen molar-refractivity contribution >= 4 is 23.2 Å². The molecule has 1 aliphatic heterocycles. The number of aromatic nitrogens is 1. The number of fused-ring (bicyclic) bond motifs is 1. The number of nitrogens with zero attached hydrogens (tertiary/aromatic N) is 2. The highest BCUT2D eigenvalue weighted by Crippen LogP contribution is 2.36. The topological polar surface area (TPSA) is 103 Å². The van der Waals surface area contributed by atoms with Gasteiger partial charge in [-0.25, -0.2) is 0 Å². The Morgan fingerprint density at radius 2 is 1.91 bits per heavy atom. The maximum atomic E-state index is 12.6. The van der Waals surface area contributed by atoms with Gasteiger partial charge >= 0.3 is 0 Å². The van der Waals surface area contributed by atoms with E-state index in [1.54, 1.807) is 37.3 Å². The molecule has 0 aliphatic carbocycles. The molecule has 178 valence electrons. The van der Waals surface area contributed by atoms with E-state index in [1.165, 1.54) is 0 Å². The molecule has 1 N–H and O–H groups in total. The molecule has 0 radical (unpaired) electrons. The Hall–Kier alpha value is -4.01. The van der Waals surface area contributed by atoms with E-state index in [2.05, 4.69) is 10.5 Å². The summed E-state index contributed by atoms with van der Waals surface area (Å²) in [7, 11) is 3.16. The van der Waals surface area contributed by atoms with Gasteiger partial charge in [0.05, 0.1) is 32.1 Å². The number of nitrogens with one attached hydrogen (secondary N) is 1. The predicted octanol–water partition coefficient (Wildman–Crippen LogP) is 3.81. The fourth-order valence-electron chi connectivity index (χ4n) is 3.86. The zero-order valence-corrected chi connectivity index (χ0v) is 19.6. The SMILES string of the molecule is COc1ccc(CCC(=O)Nc2ccc3c(c2)N(Cc2c(C)noc2C)C(=O)CO3)cc1OC. The lowest BCUT2D eigenvalue weighted by Gasteiger charge is -2.29. The zero-order valence-electron chi connectivity index (χ0n) is 19.6. The Morgan fingerprint density at radius 1 is 1.12 bits per heavy atom. The lowest BCUT2D eigenvalue weighted by atomic mass is 10.1. The molecule has 0 fully saturated rings. The van der Waals surface area contributed by atoms with Crippen molar-refractivity contribution in [3.05, 3.63) is 59.0 Å². The predicted molar refractivity (Wildman–Crippen MR) is 126 cm³/mol. The average molecular weight is 466 g/mol. The van der Waals surface area contributed by atoms with E-state index in [-0.39, 0.29) is 24.8 Å². The molecular formula is C25H27N3O6. The monoisotopic (exact) mass is 465 g/mol. The molecule has 0 atom stereocenters. The molecule has 0 saturated heterocycles. The quantitative estimate of drug-likeness (QED) is 0.540. The van der Waals surface area contributed by atoms with Gasteiger partial charge in [0.25, 0.3) is 5.91 Å². The van der Waals surface area contributed by atoms with Crippen LogP contribution in [0.25, 0.3) is 0 Å². The van der Waals surface area contributed by atoms with Crippen LogP contribution in [0.5, 0.6) is 17.2 Å². The second-order valence-electron chi connectivity index (χ2n) is 7.99. The van der Waals surface area contributed by atoms with Crippen molar-refractivity contribution in [2.45, 2.75) is 33.2 Å². The standard InChI is InChI=1S/C25H27N3O6/c1-15-19(16(2)34-27-15)13-28-20-12-18(7-9-21(20)33-14-25(28)30)26-24(29)10-6-17-5-8-22(31-3)23(11-17)32-4/h5,7-9,11-12H,6,10,13-14H2,1-4H3,(H,26,29). The van der Waals surface area contributed by atoms with Crippen molar-refractivity contribution in [1.29, 1.82) is 0 Å². The van der Waals surface area contributed by atoms with Crippen LogP contribution in [0.3, 0.4) is 0 Å². The third-order valence-corrected chi connectivity index (χ3v) is 5.77. The van der Waals surface area contributed by atoms with Gasteiger partial charge in [0, 0.05) is 17.7 Å². The molecule has 9 heteroatoms. The number of benzene rings is 2. The molecular weight excluding hydrogens is 438 g/mol. The Balaban J connectivity index is 1.46. The molecule has 0 bridgehead atoms. The molecule has 2 amide bonds. The molecule has 3 aromatic rings. The van der Waals surface area contributed by atoms with Gasteiger partial charge in [-0.2, -0.15) is 0 Å². The third-order valence-electron chi connectivity index (χ3n) is 5.77. The second-order valence-corrected chi connectivity index (χ2v) is 7.99. The van der Waals surface area contributed by atoms with Crippen LogP contribution < -0.4 is 24.4 Å². The number of hydrogen-bond donors (Lipinski definition) is 1. The number of carbonyl (C=O) groups is 2. The van der Waals surface area contributed by atoms with Crippen LogP contribution in [0.2, 0.25) is 0 Å². The second kappa shape index (κ2) is 9.86. The molecule has 0 spiro atoms. The Bertz CT molecular complexity index is 1200. The third kappa shape index (κ3) is 4.83. The number of anilines is 2. The first-order valence-electron chi connectivity index (χ1n) is 10.9. The summed E-state index contributed by atoms with van der Waals surface area (Å²) in [5, 5.41) is 6.88. The van der Waals surface area contributed by atoms with E-state index in [0.29, 0.717) is 47.3 Å². The van der Waals surface area contributed by atoms with Crippen LogP contribution in [0.15, 0.2) is 40.9 Å². The van der Waals surface area contributed by atoms with Crippen molar-refractivity contribution in [3.8, 4) is 17.2 Å². The lowest BCUT2D eigenvalue weighted by Crippen LogP contribution is -2.38. The highest BCUT2D eigenvalue weighted by atomic mass is 16.5. The van der Waals surface area contributed by atoms with Crippen LogP contribution in [0.1, 0.15) is 29.0 Å². The molecule has 0 unspecified atom stereocenters. The molecule has 4 rings (SSSR count). The van der Waals surface area contributed by atoms with Crippen molar-refractivity contribution in [2.75, 3.05) is 31.0 Å². The number of carbonyl (C=O) groups excluding carboxylic acids is 2. The minimum Gasteiger partial charge on any atom is -0.493 e. The van der Waals surface area contributed by atoms with Gasteiger partial charge in [-0.05, 0) is 56.2 Å². The van der Waals surface area contributed by atoms with Crippen LogP contribution in [0, 0.1) is 13.8 Å². The van der Waals surface area contributed by atoms with Crippen molar-refractivity contribution < 1.29 is 28.3 Å². The fourth-order valence-corrected chi connectivity index (χ4v) is 3.86. The summed E-state index contributed by atoms with van der Waals surface area (Å²) in [6.45, 7) is 3.92. The number of hydrogen-bond acceptors (Lipinski definition) is 7. The van der Waals surface area contributed by atoms with Crippen molar-refractivity contribution in [3.63, 3.8) is 0 Å². The van der Waals surface area contributed by atoms with Gasteiger partial charge in [0.2, 0.25) is 5.91 Å². The molecule has 1 aromatic heterocycles. The molecule has 2 aromatic carbocycles. The molecule has 9 nitrogen and oxygen atoms in total. The molecule has 2 heterocycles. The summed E-state index contributed by atoms with van der Waals surface area (Å²) in [6.07, 6.45) is 0.821. The van der Waals surface area contributed by atoms with E-state index < -0.39 is 0 Å². The zero-order chi connectivity index (χ0) is 24.2.